The Hall–Kier alpha value is -1.43. The summed E-state index contributed by atoms with van der Waals surface area (Å²) in [6.45, 7) is 0.779. The fourth-order valence-electron chi connectivity index (χ4n) is 1.47. The average molecular weight is 269 g/mol. The number of nitrogens with two attached hydrogens (primary N) is 1. The SMILES string of the molecule is COC(=O)c1cc(N)cnc1NCCCCSC. The number of aromatic nitrogens is 1. The Balaban J connectivity index is 2.61. The number of ether oxygens (including phenoxy) is 1. The van der Waals surface area contributed by atoms with Crippen molar-refractivity contribution < 1.29 is 9.53 Å². The van der Waals surface area contributed by atoms with Crippen molar-refractivity contribution in [2.24, 2.45) is 0 Å². The van der Waals surface area contributed by atoms with Crippen LogP contribution in [0, 0.1) is 0 Å². The minimum absolute atomic E-state index is 0.377. The lowest BCUT2D eigenvalue weighted by Gasteiger charge is -2.10. The van der Waals surface area contributed by atoms with Crippen LogP contribution < -0.4 is 11.1 Å². The molecule has 0 radical (unpaired) electrons. The van der Waals surface area contributed by atoms with Gasteiger partial charge in [-0.3, -0.25) is 0 Å². The van der Waals surface area contributed by atoms with Crippen LogP contribution in [0.1, 0.15) is 23.2 Å². The Morgan fingerprint density at radius 2 is 2.33 bits per heavy atom. The number of nitrogens with zero attached hydrogens (tertiary/aromatic N) is 1. The Bertz CT molecular complexity index is 399. The molecule has 6 heteroatoms. The summed E-state index contributed by atoms with van der Waals surface area (Å²) in [7, 11) is 1.34. The lowest BCUT2D eigenvalue weighted by atomic mass is 10.2. The second-order valence-corrected chi connectivity index (χ2v) is 4.77. The van der Waals surface area contributed by atoms with E-state index in [1.165, 1.54) is 13.3 Å². The van der Waals surface area contributed by atoms with Gasteiger partial charge in [-0.1, -0.05) is 0 Å². The molecule has 1 aromatic rings. The first-order chi connectivity index (χ1) is 8.69. The summed E-state index contributed by atoms with van der Waals surface area (Å²) in [5.74, 6) is 1.24. The number of carbonyl (C=O) groups is 1. The predicted molar refractivity (Wildman–Crippen MR) is 76.1 cm³/mol. The van der Waals surface area contributed by atoms with Crippen LogP contribution in [0.5, 0.6) is 0 Å². The number of hydrogen-bond acceptors (Lipinski definition) is 6. The maximum atomic E-state index is 11.6. The summed E-state index contributed by atoms with van der Waals surface area (Å²) in [6.07, 6.45) is 5.78. The van der Waals surface area contributed by atoms with E-state index in [0.29, 0.717) is 17.1 Å². The van der Waals surface area contributed by atoms with Crippen LogP contribution in [0.15, 0.2) is 12.3 Å². The lowest BCUT2D eigenvalue weighted by molar-refractivity contribution is 0.0601. The number of rotatable bonds is 7. The highest BCUT2D eigenvalue weighted by molar-refractivity contribution is 7.98. The molecule has 0 spiro atoms. The van der Waals surface area contributed by atoms with Gasteiger partial charge in [0.15, 0.2) is 0 Å². The molecule has 0 bridgehead atoms. The molecular weight excluding hydrogens is 250 g/mol. The molecule has 5 nitrogen and oxygen atoms in total. The molecule has 0 aromatic carbocycles. The van der Waals surface area contributed by atoms with Crippen molar-refractivity contribution in [3.8, 4) is 0 Å². The molecule has 0 amide bonds. The van der Waals surface area contributed by atoms with Gasteiger partial charge in [0.1, 0.15) is 11.4 Å². The molecule has 1 heterocycles. The number of pyridine rings is 1. The summed E-state index contributed by atoms with van der Waals surface area (Å²) >= 11 is 1.83. The quantitative estimate of drug-likeness (QED) is 0.582. The largest absolute Gasteiger partial charge is 0.465 e. The molecule has 0 aliphatic rings. The van der Waals surface area contributed by atoms with Crippen molar-refractivity contribution >= 4 is 29.2 Å². The molecule has 0 atom stereocenters. The van der Waals surface area contributed by atoms with Gasteiger partial charge in [0.2, 0.25) is 0 Å². The number of methoxy groups -OCH3 is 1. The average Bonchev–Trinajstić information content (AvgIpc) is 2.39. The Morgan fingerprint density at radius 1 is 1.56 bits per heavy atom. The van der Waals surface area contributed by atoms with E-state index in [-0.39, 0.29) is 0 Å². The third kappa shape index (κ3) is 4.44. The summed E-state index contributed by atoms with van der Waals surface area (Å²) in [5.41, 5.74) is 6.44. The normalized spacial score (nSPS) is 10.1. The van der Waals surface area contributed by atoms with E-state index in [9.17, 15) is 4.79 Å². The molecule has 0 unspecified atom stereocenters. The van der Waals surface area contributed by atoms with Crippen LogP contribution in [0.2, 0.25) is 0 Å². The number of anilines is 2. The highest BCUT2D eigenvalue weighted by atomic mass is 32.2. The highest BCUT2D eigenvalue weighted by Gasteiger charge is 2.13. The van der Waals surface area contributed by atoms with E-state index in [2.05, 4.69) is 16.6 Å². The van der Waals surface area contributed by atoms with Gasteiger partial charge in [0, 0.05) is 6.54 Å². The predicted octanol–water partition coefficient (Wildman–Crippen LogP) is 2.01. The summed E-state index contributed by atoms with van der Waals surface area (Å²) < 4.78 is 4.70. The van der Waals surface area contributed by atoms with E-state index in [1.54, 1.807) is 6.07 Å². The third-order valence-electron chi connectivity index (χ3n) is 2.38. The van der Waals surface area contributed by atoms with E-state index < -0.39 is 5.97 Å². The molecular formula is C12H19N3O2S. The van der Waals surface area contributed by atoms with Gasteiger partial charge < -0.3 is 15.8 Å². The monoisotopic (exact) mass is 269 g/mol. The fraction of sp³-hybridized carbons (Fsp3) is 0.500. The molecule has 0 aliphatic carbocycles. The van der Waals surface area contributed by atoms with Crippen molar-refractivity contribution in [3.63, 3.8) is 0 Å². The molecule has 0 fully saturated rings. The number of esters is 1. The second-order valence-electron chi connectivity index (χ2n) is 3.78. The number of carbonyl (C=O) groups excluding carboxylic acids is 1. The number of hydrogen-bond donors (Lipinski definition) is 2. The second kappa shape index (κ2) is 7.81. The maximum Gasteiger partial charge on any atom is 0.341 e. The zero-order chi connectivity index (χ0) is 13.4. The van der Waals surface area contributed by atoms with E-state index >= 15 is 0 Å². The van der Waals surface area contributed by atoms with Gasteiger partial charge in [0.25, 0.3) is 0 Å². The fourth-order valence-corrected chi connectivity index (χ4v) is 1.96. The minimum Gasteiger partial charge on any atom is -0.465 e. The van der Waals surface area contributed by atoms with Gasteiger partial charge in [0.05, 0.1) is 19.0 Å². The van der Waals surface area contributed by atoms with Crippen LogP contribution in [0.4, 0.5) is 11.5 Å². The van der Waals surface area contributed by atoms with Crippen molar-refractivity contribution in [2.45, 2.75) is 12.8 Å². The van der Waals surface area contributed by atoms with Crippen LogP contribution in [-0.4, -0.2) is 36.6 Å². The van der Waals surface area contributed by atoms with Crippen molar-refractivity contribution in [2.75, 3.05) is 36.7 Å². The molecule has 1 aromatic heterocycles. The smallest absolute Gasteiger partial charge is 0.341 e. The first kappa shape index (κ1) is 14.6. The minimum atomic E-state index is -0.429. The van der Waals surface area contributed by atoms with Crippen molar-refractivity contribution in [1.29, 1.82) is 0 Å². The van der Waals surface area contributed by atoms with Crippen LogP contribution in [0.3, 0.4) is 0 Å². The standard InChI is InChI=1S/C12H19N3O2S/c1-17-12(16)10-7-9(13)8-15-11(10)14-5-3-4-6-18-2/h7-8H,3-6,13H2,1-2H3,(H,14,15). The molecule has 0 aliphatic heterocycles. The highest BCUT2D eigenvalue weighted by Crippen LogP contribution is 2.16. The van der Waals surface area contributed by atoms with Gasteiger partial charge in [-0.25, -0.2) is 9.78 Å². The number of nitrogens with one attached hydrogen (secondary N) is 1. The Kier molecular flexibility index (Phi) is 6.35. The zero-order valence-corrected chi connectivity index (χ0v) is 11.5. The summed E-state index contributed by atoms with van der Waals surface area (Å²) in [4.78, 5) is 15.7. The number of unbranched alkanes of at least 4 members (excludes halogenated alkanes) is 1. The Morgan fingerprint density at radius 3 is 3.00 bits per heavy atom. The van der Waals surface area contributed by atoms with Crippen molar-refractivity contribution in [3.05, 3.63) is 17.8 Å². The first-order valence-corrected chi connectivity index (χ1v) is 7.15. The van der Waals surface area contributed by atoms with Crippen LogP contribution in [0.25, 0.3) is 0 Å². The lowest BCUT2D eigenvalue weighted by Crippen LogP contribution is -2.11. The van der Waals surface area contributed by atoms with Gasteiger partial charge in [-0.05, 0) is 30.9 Å². The van der Waals surface area contributed by atoms with E-state index in [0.717, 1.165) is 25.1 Å². The van der Waals surface area contributed by atoms with Crippen LogP contribution >= 0.6 is 11.8 Å². The van der Waals surface area contributed by atoms with E-state index in [4.69, 9.17) is 10.5 Å². The van der Waals surface area contributed by atoms with Gasteiger partial charge >= 0.3 is 5.97 Å². The van der Waals surface area contributed by atoms with Gasteiger partial charge in [-0.2, -0.15) is 11.8 Å². The Labute approximate surface area is 111 Å². The number of nitrogen functional groups attached to an aromatic ring is 1. The third-order valence-corrected chi connectivity index (χ3v) is 3.08. The molecule has 18 heavy (non-hydrogen) atoms. The van der Waals surface area contributed by atoms with Gasteiger partial charge in [-0.15, -0.1) is 0 Å². The summed E-state index contributed by atoms with van der Waals surface area (Å²) in [6, 6.07) is 1.57. The number of thioether (sulfide) groups is 1. The molecule has 100 valence electrons. The molecule has 0 saturated heterocycles. The summed E-state index contributed by atoms with van der Waals surface area (Å²) in [5, 5.41) is 3.14. The zero-order valence-electron chi connectivity index (χ0n) is 10.7. The molecule has 0 saturated carbocycles. The first-order valence-electron chi connectivity index (χ1n) is 5.75. The topological polar surface area (TPSA) is 77.2 Å². The maximum absolute atomic E-state index is 11.6. The van der Waals surface area contributed by atoms with Crippen LogP contribution in [-0.2, 0) is 4.74 Å². The van der Waals surface area contributed by atoms with E-state index in [1.807, 2.05) is 11.8 Å². The molecule has 1 rings (SSSR count). The molecule has 3 N–H and O–H groups in total. The van der Waals surface area contributed by atoms with Crippen molar-refractivity contribution in [1.82, 2.24) is 4.98 Å².